The van der Waals surface area contributed by atoms with E-state index in [-0.39, 0.29) is 63.4 Å². The van der Waals surface area contributed by atoms with Gasteiger partial charge in [-0.25, -0.2) is 4.57 Å². The summed E-state index contributed by atoms with van der Waals surface area (Å²) in [4.78, 5) is 36.5. The molecule has 0 aromatic rings. The quantitative estimate of drug-likeness (QED) is 0.245. The Morgan fingerprint density at radius 1 is 0.833 bits per heavy atom. The van der Waals surface area contributed by atoms with Crippen LogP contribution in [0.25, 0.3) is 0 Å². The first-order valence-electron chi connectivity index (χ1n) is 6.39. The fraction of sp³-hybridized carbons (Fsp3) is 1.00. The van der Waals surface area contributed by atoms with E-state index in [2.05, 4.69) is 9.05 Å². The van der Waals surface area contributed by atoms with E-state index in [0.29, 0.717) is 22.1 Å². The minimum atomic E-state index is -4.76. The standard InChI is InChI=1S/2C5H14NO4P.Ca.ClH.2H/c2*1-6(2,3)4-5-10-11(7,8)9;;;;/h2*4-5H2,1-3H3,(H-,7,8,9);;1H;;. The normalized spacial score (nSPS) is 12.4. The minimum absolute atomic E-state index is 0. The van der Waals surface area contributed by atoms with Gasteiger partial charge in [0.1, 0.15) is 26.3 Å². The van der Waals surface area contributed by atoms with Gasteiger partial charge in [-0.05, 0) is 0 Å². The molecule has 2 N–H and O–H groups in total. The Labute approximate surface area is 180 Å². The summed E-state index contributed by atoms with van der Waals surface area (Å²) in [6.45, 7) is 1.10. The van der Waals surface area contributed by atoms with Gasteiger partial charge >= 0.3 is 45.6 Å². The van der Waals surface area contributed by atoms with Crippen molar-refractivity contribution in [3.05, 3.63) is 0 Å². The summed E-state index contributed by atoms with van der Waals surface area (Å²) in [7, 11) is 2.37. The molecule has 24 heavy (non-hydrogen) atoms. The molecule has 0 amide bonds. The maximum absolute atomic E-state index is 10.2. The molecule has 0 aliphatic rings. The first-order chi connectivity index (χ1) is 9.41. The molecule has 0 radical (unpaired) electrons. The molecule has 0 rings (SSSR count). The topological polar surface area (TPSA) is 139 Å². The van der Waals surface area contributed by atoms with Crippen molar-refractivity contribution in [2.24, 2.45) is 0 Å². The van der Waals surface area contributed by atoms with Crippen LogP contribution in [0.2, 0.25) is 0 Å². The third-order valence-electron chi connectivity index (χ3n) is 2.03. The molecule has 0 aliphatic heterocycles. The van der Waals surface area contributed by atoms with Crippen molar-refractivity contribution in [3.8, 4) is 0 Å². The van der Waals surface area contributed by atoms with Gasteiger partial charge < -0.3 is 37.6 Å². The fourth-order valence-electron chi connectivity index (χ4n) is 0.860. The summed E-state index contributed by atoms with van der Waals surface area (Å²) in [6.07, 6.45) is 0. The van der Waals surface area contributed by atoms with E-state index < -0.39 is 15.6 Å². The molecular weight excluding hydrogens is 414 g/mol. The third-order valence-corrected chi connectivity index (χ3v) is 3.05. The molecular formula is C10H31CaClN2O8P2. The molecule has 0 aromatic heterocycles. The second-order valence-corrected chi connectivity index (χ2v) is 9.02. The number of hydrogen-bond donors (Lipinski definition) is 2. The van der Waals surface area contributed by atoms with Crippen LogP contribution in [0.15, 0.2) is 0 Å². The molecule has 0 heterocycles. The number of hydrogen-bond acceptors (Lipinski definition) is 6. The van der Waals surface area contributed by atoms with E-state index in [4.69, 9.17) is 9.79 Å². The monoisotopic (exact) mass is 444 g/mol. The van der Waals surface area contributed by atoms with Crippen LogP contribution in [-0.4, -0.2) is 125 Å². The van der Waals surface area contributed by atoms with Gasteiger partial charge in [-0.3, -0.25) is 4.52 Å². The predicted molar refractivity (Wildman–Crippen MR) is 93.1 cm³/mol. The van der Waals surface area contributed by atoms with Gasteiger partial charge in [0, 0.05) is 0 Å². The Morgan fingerprint density at radius 3 is 1.33 bits per heavy atom. The van der Waals surface area contributed by atoms with Crippen molar-refractivity contribution in [2.45, 2.75) is 0 Å². The average Bonchev–Trinajstić information content (AvgIpc) is 2.08. The van der Waals surface area contributed by atoms with Crippen molar-refractivity contribution in [1.29, 1.82) is 0 Å². The van der Waals surface area contributed by atoms with Crippen LogP contribution in [0.5, 0.6) is 0 Å². The molecule has 0 aromatic carbocycles. The summed E-state index contributed by atoms with van der Waals surface area (Å²) in [5, 5.41) is 0. The van der Waals surface area contributed by atoms with Crippen molar-refractivity contribution < 1.29 is 46.7 Å². The third kappa shape index (κ3) is 39.0. The summed E-state index contributed by atoms with van der Waals surface area (Å²) in [5.74, 6) is 0. The van der Waals surface area contributed by atoms with Crippen LogP contribution in [0.3, 0.4) is 0 Å². The number of rotatable bonds is 8. The van der Waals surface area contributed by atoms with E-state index in [9.17, 15) is 18.9 Å². The number of phosphoric ester groups is 2. The number of phosphoric acid groups is 2. The van der Waals surface area contributed by atoms with E-state index in [1.807, 2.05) is 42.3 Å². The average molecular weight is 445 g/mol. The number of halogens is 1. The second kappa shape index (κ2) is 13.8. The van der Waals surface area contributed by atoms with Gasteiger partial charge in [-0.2, -0.15) is 0 Å². The Bertz CT molecular complexity index is 367. The first-order valence-corrected chi connectivity index (χ1v) is 9.38. The number of likely N-dealkylation sites (N-methyl/N-ethyl adjacent to an activating group) is 2. The summed E-state index contributed by atoms with van der Waals surface area (Å²) in [5.41, 5.74) is 0. The van der Waals surface area contributed by atoms with Crippen molar-refractivity contribution in [2.75, 3.05) is 68.6 Å². The van der Waals surface area contributed by atoms with Crippen LogP contribution in [-0.2, 0) is 18.2 Å². The fourth-order valence-corrected chi connectivity index (χ4v) is 1.48. The molecule has 0 saturated heterocycles. The Morgan fingerprint density at radius 2 is 1.12 bits per heavy atom. The van der Waals surface area contributed by atoms with Gasteiger partial charge in [-0.15, -0.1) is 12.4 Å². The van der Waals surface area contributed by atoms with Gasteiger partial charge in [-0.1, -0.05) is 0 Å². The molecule has 0 fully saturated rings. The molecule has 148 valence electrons. The number of nitrogens with zero attached hydrogens (tertiary/aromatic N) is 2. The summed E-state index contributed by atoms with van der Waals surface area (Å²) >= 11 is 0. The zero-order valence-electron chi connectivity index (χ0n) is 14.4. The van der Waals surface area contributed by atoms with Crippen LogP contribution in [0, 0.1) is 0 Å². The van der Waals surface area contributed by atoms with E-state index in [0.717, 1.165) is 0 Å². The van der Waals surface area contributed by atoms with Crippen LogP contribution < -0.4 is 9.79 Å². The van der Waals surface area contributed by atoms with E-state index in [1.165, 1.54) is 0 Å². The second-order valence-electron chi connectivity index (χ2n) is 6.63. The van der Waals surface area contributed by atoms with Crippen LogP contribution in [0.1, 0.15) is 0 Å². The predicted octanol–water partition coefficient (Wildman–Crippen LogP) is -2.15. The molecule has 0 spiro atoms. The summed E-state index contributed by atoms with van der Waals surface area (Å²) < 4.78 is 29.6. The van der Waals surface area contributed by atoms with Gasteiger partial charge in [0.15, 0.2) is 0 Å². The Hall–Kier alpha value is 1.69. The molecule has 10 nitrogen and oxygen atoms in total. The van der Waals surface area contributed by atoms with Crippen molar-refractivity contribution in [3.63, 3.8) is 0 Å². The van der Waals surface area contributed by atoms with Crippen LogP contribution >= 0.6 is 28.1 Å². The zero-order valence-corrected chi connectivity index (χ0v) is 17.0. The molecule has 0 aliphatic carbocycles. The molecule has 0 bridgehead atoms. The molecule has 14 heteroatoms. The molecule has 0 saturated carbocycles. The van der Waals surface area contributed by atoms with Gasteiger partial charge in [0.2, 0.25) is 0 Å². The SMILES string of the molecule is C[N+](C)(C)CCOP(=O)(O)O.C[N+](C)(C)CCOP(=O)([O-])[O-].Cl.[CaH2]. The first kappa shape index (κ1) is 33.3. The Kier molecular flexibility index (Phi) is 19.1. The van der Waals surface area contributed by atoms with Gasteiger partial charge in [0.05, 0.1) is 50.1 Å². The molecule has 0 atom stereocenters. The molecule has 0 unspecified atom stereocenters. The summed E-state index contributed by atoms with van der Waals surface area (Å²) in [6, 6.07) is 0. The maximum atomic E-state index is 10.2. The van der Waals surface area contributed by atoms with Crippen molar-refractivity contribution >= 4 is 65.8 Å². The Balaban J connectivity index is -0.000000154. The van der Waals surface area contributed by atoms with Gasteiger partial charge in [0.25, 0.3) is 0 Å². The van der Waals surface area contributed by atoms with Crippen LogP contribution in [0.4, 0.5) is 0 Å². The number of quaternary nitrogens is 2. The van der Waals surface area contributed by atoms with E-state index >= 15 is 0 Å². The van der Waals surface area contributed by atoms with Crippen molar-refractivity contribution in [1.82, 2.24) is 0 Å². The zero-order chi connectivity index (χ0) is 18.2. The van der Waals surface area contributed by atoms with E-state index in [1.54, 1.807) is 0 Å².